The number of nitrogens with zero attached hydrogens (tertiary/aromatic N) is 1. The van der Waals surface area contributed by atoms with E-state index in [0.29, 0.717) is 5.56 Å². The molecule has 11 heteroatoms. The maximum Gasteiger partial charge on any atom is 0.341 e. The first-order chi connectivity index (χ1) is 12.6. The zero-order valence-corrected chi connectivity index (χ0v) is 14.4. The van der Waals surface area contributed by atoms with Gasteiger partial charge in [0, 0.05) is 24.2 Å². The van der Waals surface area contributed by atoms with Crippen LogP contribution in [0.1, 0.15) is 22.0 Å². The number of nitro benzene ring substituents is 1. The van der Waals surface area contributed by atoms with Gasteiger partial charge in [0.05, 0.1) is 15.9 Å². The fraction of sp³-hybridized carbons (Fsp3) is 0.188. The van der Waals surface area contributed by atoms with Gasteiger partial charge >= 0.3 is 5.76 Å². The van der Waals surface area contributed by atoms with Crippen molar-refractivity contribution in [2.75, 3.05) is 6.54 Å². The lowest BCUT2D eigenvalue weighted by Gasteiger charge is -2.12. The number of non-ortho nitro benzene ring substituents is 1. The average Bonchev–Trinajstić information content (AvgIpc) is 2.65. The SMILES string of the molecule is O=C(NCC(O)c1ccc([N+](=O)[O-])cc1)c1ccc(S(=O)(=O)C(F)F)cc1. The maximum absolute atomic E-state index is 12.5. The standard InChI is InChI=1S/C16H14F2N2O6S/c17-16(18)27(25,26)13-7-3-11(4-8-13)15(22)19-9-14(21)10-1-5-12(6-2-10)20(23)24/h1-8,14,16,21H,9H2,(H,19,22). The van der Waals surface area contributed by atoms with Crippen LogP contribution in [-0.4, -0.2) is 36.7 Å². The van der Waals surface area contributed by atoms with Crippen LogP contribution in [0.5, 0.6) is 0 Å². The summed E-state index contributed by atoms with van der Waals surface area (Å²) in [5, 5.41) is 23.0. The first kappa shape index (κ1) is 20.4. The number of benzene rings is 2. The molecule has 0 aliphatic carbocycles. The number of nitro groups is 1. The predicted octanol–water partition coefficient (Wildman–Crippen LogP) is 2.05. The zero-order chi connectivity index (χ0) is 20.2. The zero-order valence-electron chi connectivity index (χ0n) is 13.6. The minimum Gasteiger partial charge on any atom is -0.387 e. The lowest BCUT2D eigenvalue weighted by molar-refractivity contribution is -0.384. The summed E-state index contributed by atoms with van der Waals surface area (Å²) in [5.41, 5.74) is 0.215. The summed E-state index contributed by atoms with van der Waals surface area (Å²) >= 11 is 0. The third-order valence-corrected chi connectivity index (χ3v) is 5.02. The first-order valence-corrected chi connectivity index (χ1v) is 9.00. The van der Waals surface area contributed by atoms with Gasteiger partial charge in [-0.05, 0) is 42.0 Å². The molecule has 8 nitrogen and oxygen atoms in total. The molecule has 0 aromatic heterocycles. The van der Waals surface area contributed by atoms with Crippen LogP contribution >= 0.6 is 0 Å². The Morgan fingerprint density at radius 1 is 1.11 bits per heavy atom. The highest BCUT2D eigenvalue weighted by Crippen LogP contribution is 2.19. The number of hydrogen-bond donors (Lipinski definition) is 2. The molecule has 144 valence electrons. The van der Waals surface area contributed by atoms with Crippen molar-refractivity contribution in [1.29, 1.82) is 0 Å². The van der Waals surface area contributed by atoms with E-state index >= 15 is 0 Å². The minimum atomic E-state index is -4.74. The van der Waals surface area contributed by atoms with Crippen molar-refractivity contribution in [2.24, 2.45) is 0 Å². The van der Waals surface area contributed by atoms with Gasteiger partial charge < -0.3 is 10.4 Å². The van der Waals surface area contributed by atoms with Gasteiger partial charge in [-0.2, -0.15) is 8.78 Å². The molecule has 1 amide bonds. The minimum absolute atomic E-state index is 0.0131. The second kappa shape index (κ2) is 8.18. The number of nitrogens with one attached hydrogen (secondary N) is 1. The fourth-order valence-electron chi connectivity index (χ4n) is 2.13. The van der Waals surface area contributed by atoms with Crippen LogP contribution in [0, 0.1) is 10.1 Å². The van der Waals surface area contributed by atoms with Crippen LogP contribution in [0.15, 0.2) is 53.4 Å². The Hall–Kier alpha value is -2.92. The molecular formula is C16H14F2N2O6S. The van der Waals surface area contributed by atoms with Gasteiger partial charge in [0.2, 0.25) is 9.84 Å². The summed E-state index contributed by atoms with van der Waals surface area (Å²) in [6.45, 7) is -0.215. The predicted molar refractivity (Wildman–Crippen MR) is 90.0 cm³/mol. The summed E-state index contributed by atoms with van der Waals surface area (Å²) in [6, 6.07) is 9.04. The molecule has 0 saturated heterocycles. The molecule has 2 aromatic rings. The highest BCUT2D eigenvalue weighted by atomic mass is 32.2. The second-order valence-corrected chi connectivity index (χ2v) is 7.32. The fourth-order valence-corrected chi connectivity index (χ4v) is 2.85. The third kappa shape index (κ3) is 4.83. The third-order valence-electron chi connectivity index (χ3n) is 3.62. The van der Waals surface area contributed by atoms with Crippen molar-refractivity contribution in [3.8, 4) is 0 Å². The molecule has 0 saturated carbocycles. The van der Waals surface area contributed by atoms with Crippen LogP contribution in [0.3, 0.4) is 0 Å². The topological polar surface area (TPSA) is 127 Å². The highest BCUT2D eigenvalue weighted by molar-refractivity contribution is 7.91. The number of amides is 1. The second-order valence-electron chi connectivity index (χ2n) is 5.40. The Morgan fingerprint density at radius 2 is 1.67 bits per heavy atom. The van der Waals surface area contributed by atoms with Gasteiger partial charge in [0.1, 0.15) is 0 Å². The lowest BCUT2D eigenvalue weighted by atomic mass is 10.1. The van der Waals surface area contributed by atoms with E-state index in [1.165, 1.54) is 24.3 Å². The highest BCUT2D eigenvalue weighted by Gasteiger charge is 2.26. The van der Waals surface area contributed by atoms with Crippen LogP contribution in [0.2, 0.25) is 0 Å². The van der Waals surface area contributed by atoms with E-state index in [0.717, 1.165) is 24.3 Å². The molecular weight excluding hydrogens is 386 g/mol. The van der Waals surface area contributed by atoms with Crippen molar-refractivity contribution in [2.45, 2.75) is 16.8 Å². The molecule has 0 spiro atoms. The number of rotatable bonds is 7. The number of halogens is 2. The molecule has 2 aromatic carbocycles. The van der Waals surface area contributed by atoms with Gasteiger partial charge in [-0.1, -0.05) is 0 Å². The summed E-state index contributed by atoms with van der Waals surface area (Å²) < 4.78 is 47.6. The quantitative estimate of drug-likeness (QED) is 0.541. The van der Waals surface area contributed by atoms with Crippen molar-refractivity contribution >= 4 is 21.4 Å². The number of sulfone groups is 1. The Labute approximate surface area is 152 Å². The van der Waals surface area contributed by atoms with Gasteiger partial charge in [-0.15, -0.1) is 0 Å². The summed E-state index contributed by atoms with van der Waals surface area (Å²) in [7, 11) is -4.74. The van der Waals surface area contributed by atoms with E-state index in [-0.39, 0.29) is 17.8 Å². The van der Waals surface area contributed by atoms with Gasteiger partial charge in [-0.3, -0.25) is 14.9 Å². The molecule has 0 fully saturated rings. The number of aliphatic hydroxyl groups is 1. The molecule has 0 heterocycles. The molecule has 0 radical (unpaired) electrons. The average molecular weight is 400 g/mol. The molecule has 2 rings (SSSR count). The van der Waals surface area contributed by atoms with Crippen molar-refractivity contribution in [3.05, 3.63) is 69.8 Å². The molecule has 2 N–H and O–H groups in total. The van der Waals surface area contributed by atoms with Gasteiger partial charge in [0.15, 0.2) is 0 Å². The van der Waals surface area contributed by atoms with E-state index in [1.54, 1.807) is 0 Å². The summed E-state index contributed by atoms with van der Waals surface area (Å²) in [6.07, 6.45) is -1.13. The normalized spacial score (nSPS) is 12.6. The molecule has 1 unspecified atom stereocenters. The van der Waals surface area contributed by atoms with Crippen molar-refractivity contribution in [1.82, 2.24) is 5.32 Å². The number of carbonyl (C=O) groups excluding carboxylic acids is 1. The van der Waals surface area contributed by atoms with Crippen LogP contribution in [0.4, 0.5) is 14.5 Å². The van der Waals surface area contributed by atoms with E-state index in [4.69, 9.17) is 0 Å². The van der Waals surface area contributed by atoms with Crippen LogP contribution < -0.4 is 5.32 Å². The van der Waals surface area contributed by atoms with Gasteiger partial charge in [0.25, 0.3) is 11.6 Å². The Bertz CT molecular complexity index is 930. The van der Waals surface area contributed by atoms with Gasteiger partial charge in [-0.25, -0.2) is 8.42 Å². The summed E-state index contributed by atoms with van der Waals surface area (Å²) in [4.78, 5) is 21.4. The Balaban J connectivity index is 2.00. The van der Waals surface area contributed by atoms with E-state index in [9.17, 15) is 37.2 Å². The Kier molecular flexibility index (Phi) is 6.18. The largest absolute Gasteiger partial charge is 0.387 e. The monoisotopic (exact) mass is 400 g/mol. The number of alkyl halides is 2. The van der Waals surface area contributed by atoms with E-state index < -0.39 is 37.4 Å². The lowest BCUT2D eigenvalue weighted by Crippen LogP contribution is -2.28. The summed E-state index contributed by atoms with van der Waals surface area (Å²) in [5.74, 6) is -4.22. The van der Waals surface area contributed by atoms with E-state index in [2.05, 4.69) is 5.32 Å². The number of aliphatic hydroxyl groups excluding tert-OH is 1. The molecule has 1 atom stereocenters. The van der Waals surface area contributed by atoms with Crippen molar-refractivity contribution in [3.63, 3.8) is 0 Å². The van der Waals surface area contributed by atoms with Crippen molar-refractivity contribution < 1.29 is 32.0 Å². The molecule has 27 heavy (non-hydrogen) atoms. The van der Waals surface area contributed by atoms with Crippen LogP contribution in [0.25, 0.3) is 0 Å². The molecule has 0 aliphatic rings. The molecule has 0 aliphatic heterocycles. The van der Waals surface area contributed by atoms with Crippen LogP contribution in [-0.2, 0) is 9.84 Å². The maximum atomic E-state index is 12.5. The number of carbonyl (C=O) groups is 1. The smallest absolute Gasteiger partial charge is 0.341 e. The van der Waals surface area contributed by atoms with E-state index in [1.807, 2.05) is 0 Å². The molecule has 0 bridgehead atoms. The first-order valence-electron chi connectivity index (χ1n) is 7.45. The number of hydrogen-bond acceptors (Lipinski definition) is 6. The Morgan fingerprint density at radius 3 is 2.15 bits per heavy atom.